The Kier molecular flexibility index (Phi) is 3.80. The number of hydrogen-bond acceptors (Lipinski definition) is 5. The van der Waals surface area contributed by atoms with Crippen molar-refractivity contribution in [2.45, 2.75) is 24.6 Å². The molecule has 0 bridgehead atoms. The topological polar surface area (TPSA) is 105 Å². The third kappa shape index (κ3) is 2.27. The van der Waals surface area contributed by atoms with Crippen LogP contribution < -0.4 is 0 Å². The molecule has 1 aromatic heterocycles. The Balaban J connectivity index is 0.000000485. The van der Waals surface area contributed by atoms with Gasteiger partial charge in [0.05, 0.1) is 30.8 Å². The van der Waals surface area contributed by atoms with Crippen LogP contribution in [0.15, 0.2) is 12.4 Å². The maximum absolute atomic E-state index is 12.6. The molecule has 3 fully saturated rings. The number of rotatable bonds is 1. The van der Waals surface area contributed by atoms with Gasteiger partial charge in [0, 0.05) is 32.8 Å². The number of carbonyl (C=O) groups excluding carboxylic acids is 2. The number of ether oxygens (including phenoxy) is 1. The highest BCUT2D eigenvalue weighted by atomic mass is 16.5. The SMILES string of the molecule is Cn1cc(C(=O)N2CC[C@@]34OCCN3C(=O)C[C@@H]24)cn1.O=CO. The van der Waals surface area contributed by atoms with E-state index in [-0.39, 0.29) is 24.3 Å². The summed E-state index contributed by atoms with van der Waals surface area (Å²) in [5.74, 6) is 0.0290. The van der Waals surface area contributed by atoms with Crippen LogP contribution in [-0.4, -0.2) is 74.4 Å². The van der Waals surface area contributed by atoms with E-state index in [1.807, 2.05) is 4.90 Å². The summed E-state index contributed by atoms with van der Waals surface area (Å²) in [6.45, 7) is 1.59. The van der Waals surface area contributed by atoms with E-state index >= 15 is 0 Å². The zero-order chi connectivity index (χ0) is 16.6. The second-order valence-corrected chi connectivity index (χ2v) is 5.72. The van der Waals surface area contributed by atoms with Gasteiger partial charge in [-0.25, -0.2) is 0 Å². The van der Waals surface area contributed by atoms with E-state index in [0.717, 1.165) is 0 Å². The first kappa shape index (κ1) is 15.5. The standard InChI is InChI=1S/C13H16N4O3.CH2O2/c1-15-8-9(7-14-15)12(19)16-3-2-13-10(16)6-11(18)17(13)4-5-20-13;2-1-3/h7-8,10H,2-6H2,1H3;1H,(H,2,3)/t10-,13+;/m1./s1. The molecule has 1 N–H and O–H groups in total. The largest absolute Gasteiger partial charge is 0.483 e. The minimum Gasteiger partial charge on any atom is -0.483 e. The third-order valence-corrected chi connectivity index (χ3v) is 4.61. The summed E-state index contributed by atoms with van der Waals surface area (Å²) < 4.78 is 7.48. The molecule has 124 valence electrons. The molecule has 0 saturated carbocycles. The number of amides is 2. The van der Waals surface area contributed by atoms with Gasteiger partial charge in [0.1, 0.15) is 0 Å². The second-order valence-electron chi connectivity index (χ2n) is 5.72. The summed E-state index contributed by atoms with van der Waals surface area (Å²) in [4.78, 5) is 36.6. The quantitative estimate of drug-likeness (QED) is 0.685. The molecule has 3 saturated heterocycles. The van der Waals surface area contributed by atoms with Crippen molar-refractivity contribution in [3.05, 3.63) is 18.0 Å². The van der Waals surface area contributed by atoms with Crippen molar-refractivity contribution in [2.75, 3.05) is 19.7 Å². The number of aryl methyl sites for hydroxylation is 1. The summed E-state index contributed by atoms with van der Waals surface area (Å²) in [6.07, 6.45) is 4.34. The van der Waals surface area contributed by atoms with Gasteiger partial charge in [0.2, 0.25) is 5.91 Å². The fourth-order valence-electron chi connectivity index (χ4n) is 3.73. The lowest BCUT2D eigenvalue weighted by Crippen LogP contribution is -2.48. The van der Waals surface area contributed by atoms with Crippen LogP contribution in [0.3, 0.4) is 0 Å². The highest BCUT2D eigenvalue weighted by Crippen LogP contribution is 2.45. The molecule has 2 atom stereocenters. The molecular weight excluding hydrogens is 304 g/mol. The van der Waals surface area contributed by atoms with Crippen molar-refractivity contribution < 1.29 is 24.2 Å². The molecule has 0 unspecified atom stereocenters. The molecule has 3 aliphatic rings. The average Bonchev–Trinajstić information content (AvgIpc) is 3.23. The molecule has 1 spiro atoms. The zero-order valence-corrected chi connectivity index (χ0v) is 12.7. The van der Waals surface area contributed by atoms with Crippen LogP contribution in [0, 0.1) is 0 Å². The molecule has 0 aliphatic carbocycles. The average molecular weight is 322 g/mol. The maximum Gasteiger partial charge on any atom is 0.290 e. The monoisotopic (exact) mass is 322 g/mol. The minimum absolute atomic E-state index is 0.0647. The summed E-state index contributed by atoms with van der Waals surface area (Å²) in [7, 11) is 1.78. The Hall–Kier alpha value is -2.42. The summed E-state index contributed by atoms with van der Waals surface area (Å²) in [5, 5.41) is 10.9. The van der Waals surface area contributed by atoms with Gasteiger partial charge in [-0.1, -0.05) is 0 Å². The van der Waals surface area contributed by atoms with E-state index < -0.39 is 5.72 Å². The van der Waals surface area contributed by atoms with E-state index in [4.69, 9.17) is 14.6 Å². The van der Waals surface area contributed by atoms with Gasteiger partial charge in [-0.05, 0) is 0 Å². The van der Waals surface area contributed by atoms with Gasteiger partial charge in [-0.2, -0.15) is 5.10 Å². The Bertz CT molecular complexity index is 645. The molecule has 23 heavy (non-hydrogen) atoms. The number of carboxylic acid groups (broad SMARTS) is 1. The van der Waals surface area contributed by atoms with Crippen LogP contribution in [0.4, 0.5) is 0 Å². The van der Waals surface area contributed by atoms with Crippen molar-refractivity contribution in [3.63, 3.8) is 0 Å². The summed E-state index contributed by atoms with van der Waals surface area (Å²) >= 11 is 0. The van der Waals surface area contributed by atoms with Crippen LogP contribution in [0.1, 0.15) is 23.2 Å². The van der Waals surface area contributed by atoms with Crippen molar-refractivity contribution in [3.8, 4) is 0 Å². The smallest absolute Gasteiger partial charge is 0.290 e. The maximum atomic E-state index is 12.6. The normalized spacial score (nSPS) is 28.2. The molecule has 9 heteroatoms. The fourth-order valence-corrected chi connectivity index (χ4v) is 3.73. The van der Waals surface area contributed by atoms with Gasteiger partial charge in [0.15, 0.2) is 5.72 Å². The van der Waals surface area contributed by atoms with Gasteiger partial charge < -0.3 is 19.6 Å². The highest BCUT2D eigenvalue weighted by molar-refractivity contribution is 5.95. The molecule has 1 aromatic rings. The van der Waals surface area contributed by atoms with Crippen LogP contribution in [0.5, 0.6) is 0 Å². The molecule has 4 rings (SSSR count). The fraction of sp³-hybridized carbons (Fsp3) is 0.571. The van der Waals surface area contributed by atoms with E-state index in [0.29, 0.717) is 38.1 Å². The number of hydrogen-bond donors (Lipinski definition) is 1. The summed E-state index contributed by atoms with van der Waals surface area (Å²) in [6, 6.07) is -0.162. The lowest BCUT2D eigenvalue weighted by molar-refractivity contribution is -0.136. The van der Waals surface area contributed by atoms with Crippen LogP contribution in [0.25, 0.3) is 0 Å². The first-order chi connectivity index (χ1) is 11.0. The van der Waals surface area contributed by atoms with E-state index in [1.54, 1.807) is 29.0 Å². The molecule has 3 aliphatic heterocycles. The Morgan fingerprint density at radius 1 is 1.52 bits per heavy atom. The zero-order valence-electron chi connectivity index (χ0n) is 12.7. The van der Waals surface area contributed by atoms with Gasteiger partial charge >= 0.3 is 0 Å². The number of carbonyl (C=O) groups is 3. The van der Waals surface area contributed by atoms with Crippen LogP contribution in [0.2, 0.25) is 0 Å². The number of aromatic nitrogens is 2. The minimum atomic E-state index is -0.561. The molecule has 0 aromatic carbocycles. The van der Waals surface area contributed by atoms with Crippen LogP contribution >= 0.6 is 0 Å². The van der Waals surface area contributed by atoms with Gasteiger partial charge in [0.25, 0.3) is 12.4 Å². The predicted octanol–water partition coefficient (Wildman–Crippen LogP) is -0.706. The molecular formula is C14H18N4O5. The van der Waals surface area contributed by atoms with E-state index in [1.165, 1.54) is 0 Å². The van der Waals surface area contributed by atoms with Crippen molar-refractivity contribution in [2.24, 2.45) is 7.05 Å². The van der Waals surface area contributed by atoms with Crippen molar-refractivity contribution in [1.29, 1.82) is 0 Å². The third-order valence-electron chi connectivity index (χ3n) is 4.61. The molecule has 2 amide bonds. The Morgan fingerprint density at radius 2 is 2.26 bits per heavy atom. The molecule has 4 heterocycles. The van der Waals surface area contributed by atoms with Gasteiger partial charge in [-0.3, -0.25) is 19.1 Å². The Morgan fingerprint density at radius 3 is 2.91 bits per heavy atom. The highest BCUT2D eigenvalue weighted by Gasteiger charge is 2.62. The summed E-state index contributed by atoms with van der Waals surface area (Å²) in [5.41, 5.74) is 0.00281. The number of nitrogens with zero attached hydrogens (tertiary/aromatic N) is 4. The first-order valence-electron chi connectivity index (χ1n) is 7.35. The second kappa shape index (κ2) is 5.65. The first-order valence-corrected chi connectivity index (χ1v) is 7.35. The predicted molar refractivity (Wildman–Crippen MR) is 76.4 cm³/mol. The molecule has 0 radical (unpaired) electrons. The number of likely N-dealkylation sites (tertiary alicyclic amines) is 1. The van der Waals surface area contributed by atoms with Gasteiger partial charge in [-0.15, -0.1) is 0 Å². The Labute approximate surface area is 132 Å². The van der Waals surface area contributed by atoms with Crippen LogP contribution in [-0.2, 0) is 21.4 Å². The van der Waals surface area contributed by atoms with E-state index in [9.17, 15) is 9.59 Å². The lowest BCUT2D eigenvalue weighted by atomic mass is 10.1. The van der Waals surface area contributed by atoms with Crippen molar-refractivity contribution >= 4 is 18.3 Å². The lowest BCUT2D eigenvalue weighted by Gasteiger charge is -2.31. The van der Waals surface area contributed by atoms with E-state index in [2.05, 4.69) is 5.10 Å². The van der Waals surface area contributed by atoms with Crippen molar-refractivity contribution in [1.82, 2.24) is 19.6 Å². The molecule has 9 nitrogen and oxygen atoms in total.